The second-order valence-corrected chi connectivity index (χ2v) is 8.42. The van der Waals surface area contributed by atoms with Gasteiger partial charge in [0, 0.05) is 51.6 Å². The van der Waals surface area contributed by atoms with Gasteiger partial charge in [-0.1, -0.05) is 18.2 Å². The zero-order valence-corrected chi connectivity index (χ0v) is 18.6. The minimum Gasteiger partial charge on any atom is -0.465 e. The van der Waals surface area contributed by atoms with E-state index in [4.69, 9.17) is 4.42 Å². The van der Waals surface area contributed by atoms with Gasteiger partial charge in [-0.15, -0.1) is 0 Å². The standard InChI is InChI=1S/C24H32N4O3/c1-18-9-10-22(31-18)16-27-13-12-26(15-21(27)11-14-29)17-23-19(2)25(3)28(24(23)30)20-7-5-4-6-8-20/h4-10,21,29H,11-17H2,1-3H3/t21-/m1/s1. The quantitative estimate of drug-likeness (QED) is 0.631. The Morgan fingerprint density at radius 2 is 1.84 bits per heavy atom. The molecule has 3 aromatic rings. The van der Waals surface area contributed by atoms with E-state index in [1.54, 1.807) is 4.68 Å². The summed E-state index contributed by atoms with van der Waals surface area (Å²) in [6.07, 6.45) is 0.707. The molecule has 1 fully saturated rings. The fourth-order valence-electron chi connectivity index (χ4n) is 4.53. The minimum atomic E-state index is 0.0402. The molecule has 1 atom stereocenters. The van der Waals surface area contributed by atoms with Crippen LogP contribution in [0.25, 0.3) is 5.69 Å². The van der Waals surface area contributed by atoms with Gasteiger partial charge >= 0.3 is 0 Å². The first kappa shape index (κ1) is 21.6. The molecule has 31 heavy (non-hydrogen) atoms. The summed E-state index contributed by atoms with van der Waals surface area (Å²) in [5.74, 6) is 1.88. The van der Waals surface area contributed by atoms with E-state index >= 15 is 0 Å². The molecule has 7 heteroatoms. The van der Waals surface area contributed by atoms with Gasteiger partial charge in [0.1, 0.15) is 11.5 Å². The molecule has 1 aromatic carbocycles. The van der Waals surface area contributed by atoms with Crippen LogP contribution in [0.3, 0.4) is 0 Å². The van der Waals surface area contributed by atoms with E-state index in [2.05, 4.69) is 9.80 Å². The largest absolute Gasteiger partial charge is 0.465 e. The van der Waals surface area contributed by atoms with Crippen molar-refractivity contribution in [2.75, 3.05) is 26.2 Å². The predicted molar refractivity (Wildman–Crippen MR) is 120 cm³/mol. The fraction of sp³-hybridized carbons (Fsp3) is 0.458. The number of benzene rings is 1. The normalized spacial score (nSPS) is 18.0. The Labute approximate surface area is 183 Å². The minimum absolute atomic E-state index is 0.0402. The van der Waals surface area contributed by atoms with Crippen LogP contribution in [-0.2, 0) is 20.1 Å². The van der Waals surface area contributed by atoms with Crippen LogP contribution < -0.4 is 5.56 Å². The second kappa shape index (κ2) is 9.26. The van der Waals surface area contributed by atoms with Gasteiger partial charge in [-0.05, 0) is 44.5 Å². The van der Waals surface area contributed by atoms with Gasteiger partial charge in [0.25, 0.3) is 5.56 Å². The number of piperazine rings is 1. The Balaban J connectivity index is 1.51. The molecule has 4 rings (SSSR count). The Hall–Kier alpha value is -2.61. The monoisotopic (exact) mass is 424 g/mol. The fourth-order valence-corrected chi connectivity index (χ4v) is 4.53. The van der Waals surface area contributed by atoms with Crippen molar-refractivity contribution in [1.29, 1.82) is 0 Å². The van der Waals surface area contributed by atoms with Crippen LogP contribution >= 0.6 is 0 Å². The lowest BCUT2D eigenvalue weighted by atomic mass is 10.1. The average Bonchev–Trinajstić information content (AvgIpc) is 3.26. The molecule has 0 bridgehead atoms. The number of hydrogen-bond acceptors (Lipinski definition) is 5. The first-order chi connectivity index (χ1) is 15.0. The maximum atomic E-state index is 13.3. The molecule has 0 radical (unpaired) electrons. The number of para-hydroxylation sites is 1. The SMILES string of the molecule is Cc1ccc(CN2CCN(Cc3c(C)n(C)n(-c4ccccc4)c3=O)C[C@H]2CCO)o1. The van der Waals surface area contributed by atoms with E-state index in [9.17, 15) is 9.90 Å². The van der Waals surface area contributed by atoms with Crippen molar-refractivity contribution in [3.8, 4) is 5.69 Å². The number of aliphatic hydroxyl groups is 1. The summed E-state index contributed by atoms with van der Waals surface area (Å²) < 4.78 is 9.44. The third kappa shape index (κ3) is 4.54. The van der Waals surface area contributed by atoms with E-state index in [1.165, 1.54) is 0 Å². The van der Waals surface area contributed by atoms with Crippen LogP contribution in [0.2, 0.25) is 0 Å². The number of aliphatic hydroxyl groups excluding tert-OH is 1. The maximum absolute atomic E-state index is 13.3. The van der Waals surface area contributed by atoms with E-state index in [0.717, 1.165) is 54.6 Å². The maximum Gasteiger partial charge on any atom is 0.276 e. The van der Waals surface area contributed by atoms with E-state index in [0.29, 0.717) is 13.0 Å². The molecule has 1 aliphatic heterocycles. The van der Waals surface area contributed by atoms with Gasteiger partial charge in [0.15, 0.2) is 0 Å². The highest BCUT2D eigenvalue weighted by molar-refractivity contribution is 5.33. The topological polar surface area (TPSA) is 66.8 Å². The van der Waals surface area contributed by atoms with Crippen molar-refractivity contribution >= 4 is 0 Å². The zero-order chi connectivity index (χ0) is 22.0. The first-order valence-electron chi connectivity index (χ1n) is 10.9. The summed E-state index contributed by atoms with van der Waals surface area (Å²) in [4.78, 5) is 18.0. The molecule has 1 saturated heterocycles. The summed E-state index contributed by atoms with van der Waals surface area (Å²) in [5.41, 5.74) is 2.74. The van der Waals surface area contributed by atoms with Crippen LogP contribution in [0.1, 0.15) is 29.2 Å². The van der Waals surface area contributed by atoms with Crippen molar-refractivity contribution < 1.29 is 9.52 Å². The average molecular weight is 425 g/mol. The van der Waals surface area contributed by atoms with E-state index in [-0.39, 0.29) is 18.2 Å². The number of furan rings is 1. The molecule has 0 unspecified atom stereocenters. The molecule has 2 aromatic heterocycles. The Morgan fingerprint density at radius 3 is 2.52 bits per heavy atom. The molecule has 0 aliphatic carbocycles. The molecular formula is C24H32N4O3. The lowest BCUT2D eigenvalue weighted by Crippen LogP contribution is -2.52. The van der Waals surface area contributed by atoms with Crippen LogP contribution in [-0.4, -0.2) is 56.6 Å². The van der Waals surface area contributed by atoms with Gasteiger partial charge in [0.2, 0.25) is 0 Å². The Kier molecular flexibility index (Phi) is 6.46. The third-order valence-corrected chi connectivity index (χ3v) is 6.36. The molecule has 0 spiro atoms. The van der Waals surface area contributed by atoms with Crippen LogP contribution in [0, 0.1) is 13.8 Å². The Morgan fingerprint density at radius 1 is 1.06 bits per heavy atom. The predicted octanol–water partition coefficient (Wildman–Crippen LogP) is 2.45. The Bertz CT molecular complexity index is 1070. The van der Waals surface area contributed by atoms with Crippen molar-refractivity contribution in [3.05, 3.63) is 75.6 Å². The summed E-state index contributed by atoms with van der Waals surface area (Å²) in [7, 11) is 1.94. The molecule has 7 nitrogen and oxygen atoms in total. The van der Waals surface area contributed by atoms with Crippen molar-refractivity contribution in [1.82, 2.24) is 19.2 Å². The molecule has 166 valence electrons. The number of rotatable bonds is 7. The van der Waals surface area contributed by atoms with Crippen LogP contribution in [0.15, 0.2) is 51.7 Å². The highest BCUT2D eigenvalue weighted by Crippen LogP contribution is 2.20. The van der Waals surface area contributed by atoms with Crippen molar-refractivity contribution in [3.63, 3.8) is 0 Å². The van der Waals surface area contributed by atoms with Gasteiger partial charge in [-0.2, -0.15) is 0 Å². The van der Waals surface area contributed by atoms with Crippen molar-refractivity contribution in [2.45, 2.75) is 39.4 Å². The molecule has 1 N–H and O–H groups in total. The first-order valence-corrected chi connectivity index (χ1v) is 10.9. The summed E-state index contributed by atoms with van der Waals surface area (Å²) in [6, 6.07) is 14.0. The van der Waals surface area contributed by atoms with E-state index in [1.807, 2.05) is 68.0 Å². The second-order valence-electron chi connectivity index (χ2n) is 8.42. The molecule has 1 aliphatic rings. The molecule has 0 saturated carbocycles. The summed E-state index contributed by atoms with van der Waals surface area (Å²) >= 11 is 0. The highest BCUT2D eigenvalue weighted by atomic mass is 16.3. The van der Waals surface area contributed by atoms with Crippen LogP contribution in [0.5, 0.6) is 0 Å². The van der Waals surface area contributed by atoms with Crippen molar-refractivity contribution in [2.24, 2.45) is 7.05 Å². The summed E-state index contributed by atoms with van der Waals surface area (Å²) in [6.45, 7) is 8.06. The number of nitrogens with zero attached hydrogens (tertiary/aromatic N) is 4. The van der Waals surface area contributed by atoms with Gasteiger partial charge in [0.05, 0.1) is 17.8 Å². The zero-order valence-electron chi connectivity index (χ0n) is 18.6. The smallest absolute Gasteiger partial charge is 0.276 e. The molecular weight excluding hydrogens is 392 g/mol. The third-order valence-electron chi connectivity index (χ3n) is 6.36. The number of aromatic nitrogens is 2. The van der Waals surface area contributed by atoms with Gasteiger partial charge < -0.3 is 9.52 Å². The lowest BCUT2D eigenvalue weighted by Gasteiger charge is -2.41. The molecule has 3 heterocycles. The van der Waals surface area contributed by atoms with Gasteiger partial charge in [-0.25, -0.2) is 4.68 Å². The molecule has 0 amide bonds. The van der Waals surface area contributed by atoms with Gasteiger partial charge in [-0.3, -0.25) is 19.3 Å². The van der Waals surface area contributed by atoms with E-state index < -0.39 is 0 Å². The number of hydrogen-bond donors (Lipinski definition) is 1. The lowest BCUT2D eigenvalue weighted by molar-refractivity contribution is 0.0452. The number of aryl methyl sites for hydroxylation is 1. The van der Waals surface area contributed by atoms with Crippen LogP contribution in [0.4, 0.5) is 0 Å². The highest BCUT2D eigenvalue weighted by Gasteiger charge is 2.29. The summed E-state index contributed by atoms with van der Waals surface area (Å²) in [5, 5.41) is 9.61.